The molecule has 2 heterocycles. The Bertz CT molecular complexity index is 1530. The summed E-state index contributed by atoms with van der Waals surface area (Å²) in [6, 6.07) is 33.7. The molecule has 4 nitrogen and oxygen atoms in total. The van der Waals surface area contributed by atoms with Crippen LogP contribution in [0.1, 0.15) is 51.2 Å². The summed E-state index contributed by atoms with van der Waals surface area (Å²) in [5.41, 5.74) is 6.33. The molecule has 0 radical (unpaired) electrons. The number of hydrogen-bond acceptors (Lipinski definition) is 2. The van der Waals surface area contributed by atoms with Gasteiger partial charge in [0.2, 0.25) is 0 Å². The molecule has 2 atom stereocenters. The lowest BCUT2D eigenvalue weighted by Crippen LogP contribution is -2.44. The molecule has 39 heavy (non-hydrogen) atoms. The van der Waals surface area contributed by atoms with E-state index in [4.69, 9.17) is 4.99 Å². The zero-order chi connectivity index (χ0) is 27.0. The summed E-state index contributed by atoms with van der Waals surface area (Å²) in [5.74, 6) is 1.42. The fourth-order valence-corrected chi connectivity index (χ4v) is 7.36. The molecular formula is C35H36N4. The summed E-state index contributed by atoms with van der Waals surface area (Å²) in [6.07, 6.45) is 5.67. The minimum absolute atomic E-state index is 0.101. The number of nitriles is 1. The minimum atomic E-state index is 0.101. The van der Waals surface area contributed by atoms with Gasteiger partial charge >= 0.3 is 0 Å². The van der Waals surface area contributed by atoms with E-state index in [2.05, 4.69) is 97.0 Å². The van der Waals surface area contributed by atoms with Crippen LogP contribution in [0.3, 0.4) is 0 Å². The summed E-state index contributed by atoms with van der Waals surface area (Å²) in [7, 11) is 0. The molecule has 2 bridgehead atoms. The number of likely N-dealkylation sites (tertiary alicyclic amines) is 1. The molecule has 6 rings (SSSR count). The number of hydrogen-bond donors (Lipinski definition) is 0. The Morgan fingerprint density at radius 1 is 0.872 bits per heavy atom. The van der Waals surface area contributed by atoms with Crippen LogP contribution in [0.2, 0.25) is 0 Å². The predicted molar refractivity (Wildman–Crippen MR) is 160 cm³/mol. The second kappa shape index (κ2) is 9.89. The van der Waals surface area contributed by atoms with Gasteiger partial charge in [-0.15, -0.1) is 0 Å². The fourth-order valence-electron chi connectivity index (χ4n) is 7.36. The maximum atomic E-state index is 10.6. The topological polar surface area (TPSA) is 44.3 Å². The number of nitrogens with zero attached hydrogens (tertiary/aromatic N) is 4. The molecule has 3 aromatic carbocycles. The Kier molecular flexibility index (Phi) is 6.39. The summed E-state index contributed by atoms with van der Waals surface area (Å²) >= 11 is 0. The highest BCUT2D eigenvalue weighted by Gasteiger charge is 2.49. The van der Waals surface area contributed by atoms with Gasteiger partial charge < -0.3 is 9.47 Å². The maximum absolute atomic E-state index is 10.6. The van der Waals surface area contributed by atoms with Crippen molar-refractivity contribution in [3.63, 3.8) is 0 Å². The van der Waals surface area contributed by atoms with Crippen LogP contribution in [0, 0.1) is 22.7 Å². The number of rotatable bonds is 6. The van der Waals surface area contributed by atoms with Crippen LogP contribution < -0.4 is 0 Å². The van der Waals surface area contributed by atoms with Gasteiger partial charge in [-0.3, -0.25) is 0 Å². The Balaban J connectivity index is 1.55. The van der Waals surface area contributed by atoms with Gasteiger partial charge in [0.25, 0.3) is 0 Å². The molecular weight excluding hydrogens is 476 g/mol. The van der Waals surface area contributed by atoms with Crippen molar-refractivity contribution in [3.05, 3.63) is 102 Å². The molecule has 2 fully saturated rings. The van der Waals surface area contributed by atoms with Gasteiger partial charge in [-0.05, 0) is 54.2 Å². The first-order valence-electron chi connectivity index (χ1n) is 14.0. The van der Waals surface area contributed by atoms with Crippen molar-refractivity contribution in [2.24, 2.45) is 16.3 Å². The first-order chi connectivity index (χ1) is 18.9. The quantitative estimate of drug-likeness (QED) is 0.193. The third-order valence-corrected chi connectivity index (χ3v) is 8.54. The molecule has 4 heteroatoms. The van der Waals surface area contributed by atoms with Gasteiger partial charge in [0.05, 0.1) is 12.0 Å². The van der Waals surface area contributed by atoms with E-state index in [1.54, 1.807) is 0 Å². The second-order valence-electron chi connectivity index (χ2n) is 12.3. The summed E-state index contributed by atoms with van der Waals surface area (Å²) < 4.78 is 2.25. The Morgan fingerprint density at radius 3 is 2.13 bits per heavy atom. The molecule has 1 saturated heterocycles. The van der Waals surface area contributed by atoms with Crippen molar-refractivity contribution in [1.82, 2.24) is 9.47 Å². The van der Waals surface area contributed by atoms with E-state index in [0.717, 1.165) is 41.2 Å². The van der Waals surface area contributed by atoms with Crippen LogP contribution >= 0.6 is 0 Å². The highest BCUT2D eigenvalue weighted by atomic mass is 15.3. The van der Waals surface area contributed by atoms with E-state index in [9.17, 15) is 5.26 Å². The highest BCUT2D eigenvalue weighted by Crippen LogP contribution is 2.51. The first kappa shape index (κ1) is 25.2. The van der Waals surface area contributed by atoms with Crippen molar-refractivity contribution in [2.75, 3.05) is 6.54 Å². The molecule has 0 unspecified atom stereocenters. The minimum Gasteiger partial charge on any atom is -0.357 e. The van der Waals surface area contributed by atoms with Crippen molar-refractivity contribution in [1.29, 1.82) is 5.26 Å². The monoisotopic (exact) mass is 512 g/mol. The Hall–Kier alpha value is -4.10. The molecule has 1 aliphatic heterocycles. The molecule has 0 N–H and O–H groups in total. The van der Waals surface area contributed by atoms with Crippen molar-refractivity contribution in [2.45, 2.75) is 52.1 Å². The number of benzene rings is 3. The zero-order valence-corrected chi connectivity index (χ0v) is 23.1. The van der Waals surface area contributed by atoms with Crippen LogP contribution in [0.4, 0.5) is 5.82 Å². The van der Waals surface area contributed by atoms with Crippen LogP contribution in [-0.4, -0.2) is 27.9 Å². The number of aromatic nitrogens is 1. The first-order valence-corrected chi connectivity index (χ1v) is 14.0. The van der Waals surface area contributed by atoms with E-state index < -0.39 is 0 Å². The van der Waals surface area contributed by atoms with Crippen LogP contribution in [0.15, 0.2) is 96.0 Å². The van der Waals surface area contributed by atoms with E-state index in [0.29, 0.717) is 23.4 Å². The highest BCUT2D eigenvalue weighted by molar-refractivity contribution is 5.91. The van der Waals surface area contributed by atoms with Gasteiger partial charge in [0.1, 0.15) is 11.6 Å². The normalized spacial score (nSPS) is 21.8. The van der Waals surface area contributed by atoms with Crippen molar-refractivity contribution < 1.29 is 0 Å². The summed E-state index contributed by atoms with van der Waals surface area (Å²) in [6.45, 7) is 8.84. The third-order valence-electron chi connectivity index (χ3n) is 8.54. The molecule has 0 spiro atoms. The van der Waals surface area contributed by atoms with Crippen molar-refractivity contribution in [3.8, 4) is 28.5 Å². The Morgan fingerprint density at radius 2 is 1.49 bits per heavy atom. The van der Waals surface area contributed by atoms with Crippen molar-refractivity contribution >= 4 is 12.2 Å². The molecule has 1 aliphatic carbocycles. The lowest BCUT2D eigenvalue weighted by molar-refractivity contribution is 0.121. The van der Waals surface area contributed by atoms with E-state index in [1.165, 1.54) is 18.4 Å². The van der Waals surface area contributed by atoms with Gasteiger partial charge in [-0.1, -0.05) is 105 Å². The molecule has 2 aliphatic rings. The van der Waals surface area contributed by atoms with E-state index in [-0.39, 0.29) is 5.54 Å². The van der Waals surface area contributed by atoms with Gasteiger partial charge in [0.15, 0.2) is 5.82 Å². The van der Waals surface area contributed by atoms with Gasteiger partial charge in [-0.2, -0.15) is 5.26 Å². The van der Waals surface area contributed by atoms with E-state index in [1.807, 2.05) is 36.7 Å². The number of aliphatic imine (C=N–C) groups is 1. The average Bonchev–Trinajstić information content (AvgIpc) is 3.37. The van der Waals surface area contributed by atoms with Crippen LogP contribution in [0.5, 0.6) is 0 Å². The van der Waals surface area contributed by atoms with Crippen LogP contribution in [-0.2, 0) is 6.54 Å². The van der Waals surface area contributed by atoms with E-state index >= 15 is 0 Å². The average molecular weight is 513 g/mol. The largest absolute Gasteiger partial charge is 0.357 e. The Labute approximate surface area is 232 Å². The van der Waals surface area contributed by atoms with Gasteiger partial charge in [0, 0.05) is 24.2 Å². The maximum Gasteiger partial charge on any atom is 0.153 e. The SMILES string of the molecule is CC1(C)C[C@@H]2CN(C=Nc3c(C#N)c(-c4ccccc4)c(-c4ccccc4)n3Cc3ccccc3)[C@](C)(C2)C1. The number of fused-ring (bicyclic) bond motifs is 2. The molecule has 4 aromatic rings. The lowest BCUT2D eigenvalue weighted by atomic mass is 9.67. The third kappa shape index (κ3) is 4.79. The standard InChI is InChI=1S/C35H36N4/c1-34(2)19-27-20-35(3,24-34)38(22-27)25-37-33-30(21-36)31(28-15-9-5-10-16-28)32(29-17-11-6-12-18-29)39(33)23-26-13-7-4-8-14-26/h4-18,25,27H,19-20,22-24H2,1-3H3/t27-,35+/m0/s1. The molecule has 1 aromatic heterocycles. The summed E-state index contributed by atoms with van der Waals surface area (Å²) in [4.78, 5) is 7.64. The lowest BCUT2D eigenvalue weighted by Gasteiger charge is -2.42. The fraction of sp³-hybridized carbons (Fsp3) is 0.314. The molecule has 0 amide bonds. The van der Waals surface area contributed by atoms with Gasteiger partial charge in [-0.25, -0.2) is 4.99 Å². The predicted octanol–water partition coefficient (Wildman–Crippen LogP) is 8.30. The molecule has 196 valence electrons. The van der Waals surface area contributed by atoms with Crippen LogP contribution in [0.25, 0.3) is 22.4 Å². The zero-order valence-electron chi connectivity index (χ0n) is 23.1. The second-order valence-corrected chi connectivity index (χ2v) is 12.3. The smallest absolute Gasteiger partial charge is 0.153 e. The molecule has 1 saturated carbocycles. The summed E-state index contributed by atoms with van der Waals surface area (Å²) in [5, 5.41) is 10.6.